The Morgan fingerprint density at radius 1 is 1.35 bits per heavy atom. The highest BCUT2D eigenvalue weighted by molar-refractivity contribution is 7.87. The highest BCUT2D eigenvalue weighted by Crippen LogP contribution is 2.12. The van der Waals surface area contributed by atoms with Crippen molar-refractivity contribution in [1.82, 2.24) is 24.1 Å². The third kappa shape index (κ3) is 4.27. The minimum Gasteiger partial charge on any atom is -0.320 e. The van der Waals surface area contributed by atoms with Crippen LogP contribution in [0.3, 0.4) is 0 Å². The molecule has 1 aromatic rings. The number of hydrogen-bond acceptors (Lipinski definition) is 4. The molecule has 0 bridgehead atoms. The molecule has 0 unspecified atom stereocenters. The Hall–Kier alpha value is -0.960. The average Bonchev–Trinajstić information content (AvgIpc) is 2.61. The third-order valence-electron chi connectivity index (χ3n) is 3.40. The Labute approximate surface area is 121 Å². The minimum atomic E-state index is -3.44. The molecule has 0 aliphatic carbocycles. The lowest BCUT2D eigenvalue weighted by Crippen LogP contribution is -2.39. The van der Waals surface area contributed by atoms with Gasteiger partial charge in [0.05, 0.1) is 5.69 Å². The first-order valence-electron chi connectivity index (χ1n) is 6.64. The standard InChI is InChI=1S/C12H25N5O2S/c1-10-12(11(2)17(5)15-10)9-14-20(18,19)16(4)8-6-7-13-3/h13-14H,6-9H2,1-5H3. The Kier molecular flexibility index (Phi) is 6.12. The van der Waals surface area contributed by atoms with E-state index in [1.807, 2.05) is 27.9 Å². The molecule has 0 aromatic carbocycles. The van der Waals surface area contributed by atoms with Crippen LogP contribution in [-0.2, 0) is 23.8 Å². The molecule has 116 valence electrons. The van der Waals surface area contributed by atoms with Gasteiger partial charge < -0.3 is 5.32 Å². The fourth-order valence-corrected chi connectivity index (χ4v) is 2.86. The second-order valence-corrected chi connectivity index (χ2v) is 6.74. The smallest absolute Gasteiger partial charge is 0.279 e. The van der Waals surface area contributed by atoms with Gasteiger partial charge in [0.2, 0.25) is 0 Å². The maximum absolute atomic E-state index is 12.1. The van der Waals surface area contributed by atoms with Crippen molar-refractivity contribution in [2.45, 2.75) is 26.8 Å². The van der Waals surface area contributed by atoms with Crippen LogP contribution in [0, 0.1) is 13.8 Å². The van der Waals surface area contributed by atoms with Gasteiger partial charge in [-0.25, -0.2) is 0 Å². The molecule has 0 aliphatic heterocycles. The van der Waals surface area contributed by atoms with Gasteiger partial charge in [-0.05, 0) is 33.9 Å². The van der Waals surface area contributed by atoms with E-state index < -0.39 is 10.2 Å². The summed E-state index contributed by atoms with van der Waals surface area (Å²) in [6.07, 6.45) is 0.777. The van der Waals surface area contributed by atoms with Crippen LogP contribution in [0.25, 0.3) is 0 Å². The molecule has 0 spiro atoms. The summed E-state index contributed by atoms with van der Waals surface area (Å²) in [4.78, 5) is 0. The van der Waals surface area contributed by atoms with E-state index in [0.717, 1.165) is 29.9 Å². The normalized spacial score (nSPS) is 12.3. The second-order valence-electron chi connectivity index (χ2n) is 4.88. The molecule has 0 radical (unpaired) electrons. The molecule has 8 heteroatoms. The summed E-state index contributed by atoms with van der Waals surface area (Å²) in [6, 6.07) is 0. The van der Waals surface area contributed by atoms with Gasteiger partial charge in [-0.3, -0.25) is 4.68 Å². The van der Waals surface area contributed by atoms with Crippen LogP contribution in [0.15, 0.2) is 0 Å². The van der Waals surface area contributed by atoms with E-state index in [-0.39, 0.29) is 6.54 Å². The number of nitrogens with zero attached hydrogens (tertiary/aromatic N) is 3. The Morgan fingerprint density at radius 2 is 2.00 bits per heavy atom. The highest BCUT2D eigenvalue weighted by atomic mass is 32.2. The van der Waals surface area contributed by atoms with Crippen LogP contribution < -0.4 is 10.0 Å². The molecule has 1 aromatic heterocycles. The van der Waals surface area contributed by atoms with Crippen LogP contribution in [-0.4, -0.2) is 49.7 Å². The van der Waals surface area contributed by atoms with Gasteiger partial charge in [-0.15, -0.1) is 0 Å². The molecule has 0 fully saturated rings. The Balaban J connectivity index is 2.63. The summed E-state index contributed by atoms with van der Waals surface area (Å²) < 4.78 is 29.9. The number of nitrogens with one attached hydrogen (secondary N) is 2. The molecule has 0 amide bonds. The van der Waals surface area contributed by atoms with Crippen LogP contribution in [0.2, 0.25) is 0 Å². The fraction of sp³-hybridized carbons (Fsp3) is 0.750. The summed E-state index contributed by atoms with van der Waals surface area (Å²) in [5, 5.41) is 7.27. The van der Waals surface area contributed by atoms with E-state index in [1.165, 1.54) is 4.31 Å². The molecule has 0 atom stereocenters. The first-order chi connectivity index (χ1) is 9.29. The second kappa shape index (κ2) is 7.16. The van der Waals surface area contributed by atoms with Crippen LogP contribution >= 0.6 is 0 Å². The van der Waals surface area contributed by atoms with Crippen molar-refractivity contribution in [3.63, 3.8) is 0 Å². The molecule has 20 heavy (non-hydrogen) atoms. The lowest BCUT2D eigenvalue weighted by Gasteiger charge is -2.17. The van der Waals surface area contributed by atoms with E-state index in [9.17, 15) is 8.42 Å². The molecular weight excluding hydrogens is 278 g/mol. The van der Waals surface area contributed by atoms with Crippen molar-refractivity contribution in [2.24, 2.45) is 7.05 Å². The van der Waals surface area contributed by atoms with Crippen molar-refractivity contribution < 1.29 is 8.42 Å². The van der Waals surface area contributed by atoms with Gasteiger partial charge in [0.1, 0.15) is 0 Å². The highest BCUT2D eigenvalue weighted by Gasteiger charge is 2.18. The fourth-order valence-electron chi connectivity index (χ4n) is 1.95. The Morgan fingerprint density at radius 3 is 2.50 bits per heavy atom. The quantitative estimate of drug-likeness (QED) is 0.658. The summed E-state index contributed by atoms with van der Waals surface area (Å²) in [7, 11) is 1.84. The maximum Gasteiger partial charge on any atom is 0.279 e. The topological polar surface area (TPSA) is 79.3 Å². The summed E-state index contributed by atoms with van der Waals surface area (Å²) in [5.74, 6) is 0. The van der Waals surface area contributed by atoms with E-state index in [0.29, 0.717) is 6.54 Å². The predicted octanol–water partition coefficient (Wildman–Crippen LogP) is -0.0874. The first-order valence-corrected chi connectivity index (χ1v) is 8.08. The van der Waals surface area contributed by atoms with E-state index in [1.54, 1.807) is 11.7 Å². The summed E-state index contributed by atoms with van der Waals surface area (Å²) in [5.41, 5.74) is 2.76. The Bertz CT molecular complexity index is 538. The van der Waals surface area contributed by atoms with Gasteiger partial charge in [-0.2, -0.15) is 22.5 Å². The van der Waals surface area contributed by atoms with Crippen molar-refractivity contribution in [3.05, 3.63) is 17.0 Å². The zero-order chi connectivity index (χ0) is 15.3. The van der Waals surface area contributed by atoms with Crippen LogP contribution in [0.4, 0.5) is 0 Å². The summed E-state index contributed by atoms with van der Waals surface area (Å²) >= 11 is 0. The van der Waals surface area contributed by atoms with Gasteiger partial charge >= 0.3 is 0 Å². The number of aromatic nitrogens is 2. The van der Waals surface area contributed by atoms with Gasteiger partial charge in [0, 0.05) is 38.4 Å². The molecule has 1 rings (SSSR count). The third-order valence-corrected chi connectivity index (χ3v) is 4.91. The van der Waals surface area contributed by atoms with Gasteiger partial charge in [-0.1, -0.05) is 0 Å². The molecule has 2 N–H and O–H groups in total. The number of aryl methyl sites for hydroxylation is 2. The maximum atomic E-state index is 12.1. The average molecular weight is 303 g/mol. The van der Waals surface area contributed by atoms with Gasteiger partial charge in [0.25, 0.3) is 10.2 Å². The molecular formula is C12H25N5O2S. The monoisotopic (exact) mass is 303 g/mol. The van der Waals surface area contributed by atoms with E-state index >= 15 is 0 Å². The van der Waals surface area contributed by atoms with Crippen molar-refractivity contribution in [2.75, 3.05) is 27.2 Å². The molecule has 0 saturated carbocycles. The van der Waals surface area contributed by atoms with Crippen molar-refractivity contribution in [1.29, 1.82) is 0 Å². The zero-order valence-electron chi connectivity index (χ0n) is 12.9. The van der Waals surface area contributed by atoms with Crippen LogP contribution in [0.1, 0.15) is 23.4 Å². The molecule has 0 saturated heterocycles. The number of hydrogen-bond donors (Lipinski definition) is 2. The lowest BCUT2D eigenvalue weighted by molar-refractivity contribution is 0.447. The lowest BCUT2D eigenvalue weighted by atomic mass is 10.2. The SMILES string of the molecule is CNCCCN(C)S(=O)(=O)NCc1c(C)nn(C)c1C. The minimum absolute atomic E-state index is 0.268. The van der Waals surface area contributed by atoms with Gasteiger partial charge in [0.15, 0.2) is 0 Å². The van der Waals surface area contributed by atoms with Crippen molar-refractivity contribution >= 4 is 10.2 Å². The van der Waals surface area contributed by atoms with E-state index in [2.05, 4.69) is 15.1 Å². The van der Waals surface area contributed by atoms with Crippen LogP contribution in [0.5, 0.6) is 0 Å². The summed E-state index contributed by atoms with van der Waals surface area (Å²) in [6.45, 7) is 5.36. The predicted molar refractivity (Wildman–Crippen MR) is 79.6 cm³/mol. The molecule has 0 aliphatic rings. The van der Waals surface area contributed by atoms with Crippen molar-refractivity contribution in [3.8, 4) is 0 Å². The zero-order valence-corrected chi connectivity index (χ0v) is 13.7. The van der Waals surface area contributed by atoms with E-state index in [4.69, 9.17) is 0 Å². The first kappa shape index (κ1) is 17.1. The largest absolute Gasteiger partial charge is 0.320 e. The molecule has 7 nitrogen and oxygen atoms in total. The number of rotatable bonds is 8. The molecule has 1 heterocycles.